The molecule has 0 saturated carbocycles. The Morgan fingerprint density at radius 3 is 2.32 bits per heavy atom. The molecule has 7 heteroatoms. The maximum Gasteiger partial charge on any atom is 0.422 e. The zero-order chi connectivity index (χ0) is 17.9. The molecule has 0 N–H and O–H groups in total. The predicted molar refractivity (Wildman–Crippen MR) is 85.3 cm³/mol. The van der Waals surface area contributed by atoms with Crippen molar-refractivity contribution in [1.82, 2.24) is 9.55 Å². The van der Waals surface area contributed by atoms with Crippen LogP contribution in [-0.4, -0.2) is 22.3 Å². The Labute approximate surface area is 141 Å². The molecule has 2 aromatic carbocycles. The van der Waals surface area contributed by atoms with Gasteiger partial charge in [-0.2, -0.15) is 18.4 Å². The second kappa shape index (κ2) is 6.69. The van der Waals surface area contributed by atoms with Crippen LogP contribution in [0.15, 0.2) is 61.1 Å². The summed E-state index contributed by atoms with van der Waals surface area (Å²) in [4.78, 5) is 4.31. The highest BCUT2D eigenvalue weighted by Gasteiger charge is 2.28. The lowest BCUT2D eigenvalue weighted by molar-refractivity contribution is -0.153. The highest BCUT2D eigenvalue weighted by Crippen LogP contribution is 2.22. The van der Waals surface area contributed by atoms with Crippen molar-refractivity contribution >= 4 is 0 Å². The lowest BCUT2D eigenvalue weighted by atomic mass is 10.1. The van der Waals surface area contributed by atoms with Crippen LogP contribution in [0.3, 0.4) is 0 Å². The number of hydrogen-bond acceptors (Lipinski definition) is 3. The Morgan fingerprint density at radius 1 is 1.04 bits per heavy atom. The summed E-state index contributed by atoms with van der Waals surface area (Å²) in [7, 11) is 0. The number of benzene rings is 2. The predicted octanol–water partition coefficient (Wildman–Crippen LogP) is 4.35. The third-order valence-electron chi connectivity index (χ3n) is 3.43. The van der Waals surface area contributed by atoms with Crippen molar-refractivity contribution in [1.29, 1.82) is 5.26 Å². The lowest BCUT2D eigenvalue weighted by Crippen LogP contribution is -2.19. The lowest BCUT2D eigenvalue weighted by Gasteiger charge is -2.09. The largest absolute Gasteiger partial charge is 0.484 e. The van der Waals surface area contributed by atoms with E-state index in [1.54, 1.807) is 53.5 Å². The monoisotopic (exact) mass is 343 g/mol. The van der Waals surface area contributed by atoms with Gasteiger partial charge in [0.15, 0.2) is 6.61 Å². The number of nitrogens with zero attached hydrogens (tertiary/aromatic N) is 3. The standard InChI is InChI=1S/C18H12F3N3O/c19-18(20,21)11-25-16-7-5-15(6-8-16)24-10-17(23-12-24)14-3-1-13(9-22)2-4-14/h1-8,10,12H,11H2. The van der Waals surface area contributed by atoms with Gasteiger partial charge in [-0.1, -0.05) is 12.1 Å². The van der Waals surface area contributed by atoms with E-state index in [4.69, 9.17) is 5.26 Å². The molecule has 0 fully saturated rings. The fourth-order valence-electron chi connectivity index (χ4n) is 2.21. The Kier molecular flexibility index (Phi) is 4.44. The smallest absolute Gasteiger partial charge is 0.422 e. The first-order chi connectivity index (χ1) is 11.9. The van der Waals surface area contributed by atoms with Crippen LogP contribution in [-0.2, 0) is 0 Å². The average Bonchev–Trinajstić information content (AvgIpc) is 3.10. The van der Waals surface area contributed by atoms with Crippen molar-refractivity contribution in [2.45, 2.75) is 6.18 Å². The summed E-state index contributed by atoms with van der Waals surface area (Å²) in [6.45, 7) is -1.32. The summed E-state index contributed by atoms with van der Waals surface area (Å²) in [6, 6.07) is 15.3. The molecule has 4 nitrogen and oxygen atoms in total. The van der Waals surface area contributed by atoms with Gasteiger partial charge in [0.25, 0.3) is 0 Å². The van der Waals surface area contributed by atoms with Crippen molar-refractivity contribution in [2.24, 2.45) is 0 Å². The maximum atomic E-state index is 12.1. The van der Waals surface area contributed by atoms with Gasteiger partial charge >= 0.3 is 6.18 Å². The molecule has 126 valence electrons. The highest BCUT2D eigenvalue weighted by molar-refractivity contribution is 5.60. The second-order valence-corrected chi connectivity index (χ2v) is 5.25. The van der Waals surface area contributed by atoms with Crippen molar-refractivity contribution < 1.29 is 17.9 Å². The Bertz CT molecular complexity index is 891. The van der Waals surface area contributed by atoms with E-state index in [0.717, 1.165) is 16.9 Å². The number of rotatable bonds is 4. The summed E-state index contributed by atoms with van der Waals surface area (Å²) < 4.78 is 42.9. The molecule has 1 heterocycles. The van der Waals surface area contributed by atoms with Gasteiger partial charge in [-0.15, -0.1) is 0 Å². The number of imidazole rings is 1. The molecule has 0 aliphatic heterocycles. The zero-order valence-corrected chi connectivity index (χ0v) is 12.9. The maximum absolute atomic E-state index is 12.1. The first kappa shape index (κ1) is 16.6. The summed E-state index contributed by atoms with van der Waals surface area (Å²) in [5, 5.41) is 8.81. The Morgan fingerprint density at radius 2 is 1.72 bits per heavy atom. The normalized spacial score (nSPS) is 11.1. The summed E-state index contributed by atoms with van der Waals surface area (Å²) >= 11 is 0. The molecule has 0 aliphatic rings. The molecule has 0 atom stereocenters. The molecule has 3 aromatic rings. The fourth-order valence-corrected chi connectivity index (χ4v) is 2.21. The number of aromatic nitrogens is 2. The number of nitriles is 1. The summed E-state index contributed by atoms with van der Waals surface area (Å²) in [6.07, 6.45) is -0.953. The Balaban J connectivity index is 1.74. The fraction of sp³-hybridized carbons (Fsp3) is 0.111. The van der Waals surface area contributed by atoms with Crippen LogP contribution < -0.4 is 4.74 Å². The molecule has 3 rings (SSSR count). The van der Waals surface area contributed by atoms with Gasteiger partial charge < -0.3 is 9.30 Å². The van der Waals surface area contributed by atoms with Gasteiger partial charge in [0, 0.05) is 17.4 Å². The summed E-state index contributed by atoms with van der Waals surface area (Å²) in [5.74, 6) is 0.147. The molecule has 0 unspecified atom stereocenters. The molecule has 0 bridgehead atoms. The third kappa shape index (κ3) is 4.18. The minimum atomic E-state index is -4.36. The van der Waals surface area contributed by atoms with E-state index in [-0.39, 0.29) is 5.75 Å². The van der Waals surface area contributed by atoms with E-state index in [2.05, 4.69) is 15.8 Å². The second-order valence-electron chi connectivity index (χ2n) is 5.25. The quantitative estimate of drug-likeness (QED) is 0.707. The molecule has 1 aromatic heterocycles. The SMILES string of the molecule is N#Cc1ccc(-c2cn(-c3ccc(OCC(F)(F)F)cc3)cn2)cc1. The van der Waals surface area contributed by atoms with E-state index in [9.17, 15) is 13.2 Å². The number of halogens is 3. The van der Waals surface area contributed by atoms with Crippen LogP contribution >= 0.6 is 0 Å². The average molecular weight is 343 g/mol. The van der Waals surface area contributed by atoms with Gasteiger partial charge in [-0.3, -0.25) is 0 Å². The van der Waals surface area contributed by atoms with Crippen LogP contribution in [0.1, 0.15) is 5.56 Å². The van der Waals surface area contributed by atoms with Crippen LogP contribution in [0.25, 0.3) is 16.9 Å². The molecule has 0 saturated heterocycles. The van der Waals surface area contributed by atoms with Gasteiger partial charge in [-0.05, 0) is 36.4 Å². The topological polar surface area (TPSA) is 50.8 Å². The molecule has 0 aliphatic carbocycles. The van der Waals surface area contributed by atoms with Crippen molar-refractivity contribution in [3.63, 3.8) is 0 Å². The van der Waals surface area contributed by atoms with E-state index < -0.39 is 12.8 Å². The zero-order valence-electron chi connectivity index (χ0n) is 12.9. The molecule has 0 amide bonds. The summed E-state index contributed by atoms with van der Waals surface area (Å²) in [5.41, 5.74) is 2.90. The molecular formula is C18H12F3N3O. The minimum absolute atomic E-state index is 0.147. The van der Waals surface area contributed by atoms with Gasteiger partial charge in [0.2, 0.25) is 0 Å². The third-order valence-corrected chi connectivity index (χ3v) is 3.43. The van der Waals surface area contributed by atoms with Gasteiger partial charge in [-0.25, -0.2) is 4.98 Å². The van der Waals surface area contributed by atoms with E-state index >= 15 is 0 Å². The van der Waals surface area contributed by atoms with Crippen molar-refractivity contribution in [3.8, 4) is 28.8 Å². The molecule has 25 heavy (non-hydrogen) atoms. The minimum Gasteiger partial charge on any atom is -0.484 e. The number of hydrogen-bond donors (Lipinski definition) is 0. The first-order valence-electron chi connectivity index (χ1n) is 7.29. The highest BCUT2D eigenvalue weighted by atomic mass is 19.4. The number of ether oxygens (including phenoxy) is 1. The van der Waals surface area contributed by atoms with Crippen LogP contribution in [0, 0.1) is 11.3 Å². The number of alkyl halides is 3. The molecule has 0 radical (unpaired) electrons. The van der Waals surface area contributed by atoms with Crippen LogP contribution in [0.4, 0.5) is 13.2 Å². The van der Waals surface area contributed by atoms with Gasteiger partial charge in [0.1, 0.15) is 5.75 Å². The molecule has 0 spiro atoms. The van der Waals surface area contributed by atoms with Crippen molar-refractivity contribution in [2.75, 3.05) is 6.61 Å². The first-order valence-corrected chi connectivity index (χ1v) is 7.29. The van der Waals surface area contributed by atoms with E-state index in [1.807, 2.05) is 0 Å². The van der Waals surface area contributed by atoms with E-state index in [1.165, 1.54) is 12.1 Å². The Hall–Kier alpha value is -3.27. The van der Waals surface area contributed by atoms with E-state index in [0.29, 0.717) is 5.56 Å². The van der Waals surface area contributed by atoms with Crippen LogP contribution in [0.5, 0.6) is 5.75 Å². The van der Waals surface area contributed by atoms with Crippen molar-refractivity contribution in [3.05, 3.63) is 66.6 Å². The molecular weight excluding hydrogens is 331 g/mol. The van der Waals surface area contributed by atoms with Gasteiger partial charge in [0.05, 0.1) is 23.7 Å². The van der Waals surface area contributed by atoms with Crippen LogP contribution in [0.2, 0.25) is 0 Å².